The van der Waals surface area contributed by atoms with Crippen molar-refractivity contribution in [2.45, 2.75) is 26.9 Å². The highest BCUT2D eigenvalue weighted by Gasteiger charge is 2.30. The molecule has 0 saturated carbocycles. The number of hydrogen-bond acceptors (Lipinski definition) is 2. The number of carbonyl (C=O) groups excluding carboxylic acids is 1. The summed E-state index contributed by atoms with van der Waals surface area (Å²) in [6.45, 7) is 5.76. The summed E-state index contributed by atoms with van der Waals surface area (Å²) in [5.41, 5.74) is -0.386. The molecular formula is C14H18F3NO2. The fourth-order valence-electron chi connectivity index (χ4n) is 1.50. The van der Waals surface area contributed by atoms with Gasteiger partial charge in [0.2, 0.25) is 0 Å². The summed E-state index contributed by atoms with van der Waals surface area (Å²) in [5.74, 6) is 0.308. The molecule has 1 amide bonds. The molecule has 0 atom stereocenters. The predicted octanol–water partition coefficient (Wildman–Crippen LogP) is 3.16. The molecule has 112 valence electrons. The van der Waals surface area contributed by atoms with Crippen LogP contribution in [0.25, 0.3) is 0 Å². The van der Waals surface area contributed by atoms with E-state index in [0.717, 1.165) is 12.1 Å². The topological polar surface area (TPSA) is 38.3 Å². The summed E-state index contributed by atoms with van der Waals surface area (Å²) in [7, 11) is 0. The molecule has 0 aromatic heterocycles. The second kappa shape index (κ2) is 6.63. The van der Waals surface area contributed by atoms with Crippen LogP contribution in [0.5, 0.6) is 5.75 Å². The Labute approximate surface area is 116 Å². The largest absolute Gasteiger partial charge is 0.484 e. The Kier molecular flexibility index (Phi) is 5.42. The van der Waals surface area contributed by atoms with Crippen LogP contribution < -0.4 is 10.1 Å². The van der Waals surface area contributed by atoms with Gasteiger partial charge < -0.3 is 10.1 Å². The van der Waals surface area contributed by atoms with E-state index >= 15 is 0 Å². The summed E-state index contributed by atoms with van der Waals surface area (Å²) in [6.07, 6.45) is -4.38. The highest BCUT2D eigenvalue weighted by atomic mass is 19.4. The average Bonchev–Trinajstić information content (AvgIpc) is 2.33. The van der Waals surface area contributed by atoms with Gasteiger partial charge in [-0.1, -0.05) is 13.8 Å². The first-order chi connectivity index (χ1) is 9.20. The van der Waals surface area contributed by atoms with Gasteiger partial charge in [-0.2, -0.15) is 13.2 Å². The summed E-state index contributed by atoms with van der Waals surface area (Å²) in [6, 6.07) is 3.17. The zero-order valence-electron chi connectivity index (χ0n) is 11.7. The molecule has 0 bridgehead atoms. The van der Waals surface area contributed by atoms with Crippen molar-refractivity contribution in [1.29, 1.82) is 0 Å². The molecule has 1 N–H and O–H groups in total. The van der Waals surface area contributed by atoms with Crippen LogP contribution in [0.15, 0.2) is 18.2 Å². The van der Waals surface area contributed by atoms with E-state index in [-0.39, 0.29) is 18.3 Å². The van der Waals surface area contributed by atoms with Crippen molar-refractivity contribution in [1.82, 2.24) is 5.32 Å². The van der Waals surface area contributed by atoms with Gasteiger partial charge in [-0.25, -0.2) is 0 Å². The molecule has 20 heavy (non-hydrogen) atoms. The lowest BCUT2D eigenvalue weighted by atomic mass is 10.1. The number of benzene rings is 1. The van der Waals surface area contributed by atoms with Gasteiger partial charge >= 0.3 is 6.18 Å². The van der Waals surface area contributed by atoms with E-state index in [4.69, 9.17) is 4.74 Å². The average molecular weight is 289 g/mol. The number of nitrogens with one attached hydrogen (secondary N) is 1. The standard InChI is InChI=1S/C14H18F3NO2/c1-9(2)7-18-13(19)8-20-12-5-4-11(6-10(12)3)14(15,16)17/h4-6,9H,7-8H2,1-3H3,(H,18,19). The van der Waals surface area contributed by atoms with E-state index in [1.165, 1.54) is 13.0 Å². The number of aryl methyl sites for hydroxylation is 1. The number of hydrogen-bond donors (Lipinski definition) is 1. The number of ether oxygens (including phenoxy) is 1. The van der Waals surface area contributed by atoms with Crippen molar-refractivity contribution in [3.63, 3.8) is 0 Å². The van der Waals surface area contributed by atoms with E-state index < -0.39 is 11.7 Å². The fraction of sp³-hybridized carbons (Fsp3) is 0.500. The molecule has 0 aliphatic heterocycles. The summed E-state index contributed by atoms with van der Waals surface area (Å²) in [5, 5.41) is 2.66. The maximum Gasteiger partial charge on any atom is 0.416 e. The molecule has 0 heterocycles. The number of alkyl halides is 3. The zero-order chi connectivity index (χ0) is 15.3. The summed E-state index contributed by atoms with van der Waals surface area (Å²) < 4.78 is 42.7. The van der Waals surface area contributed by atoms with E-state index in [0.29, 0.717) is 18.0 Å². The molecule has 0 fully saturated rings. The smallest absolute Gasteiger partial charge is 0.416 e. The molecule has 1 aromatic carbocycles. The van der Waals surface area contributed by atoms with E-state index in [1.54, 1.807) is 0 Å². The number of amides is 1. The maximum atomic E-state index is 12.5. The Morgan fingerprint density at radius 3 is 2.50 bits per heavy atom. The number of carbonyl (C=O) groups is 1. The predicted molar refractivity (Wildman–Crippen MR) is 69.5 cm³/mol. The molecule has 0 aliphatic rings. The van der Waals surface area contributed by atoms with Gasteiger partial charge in [0.15, 0.2) is 6.61 Å². The van der Waals surface area contributed by atoms with Gasteiger partial charge in [-0.15, -0.1) is 0 Å². The molecule has 3 nitrogen and oxygen atoms in total. The second-order valence-corrected chi connectivity index (χ2v) is 4.96. The van der Waals surface area contributed by atoms with E-state index in [9.17, 15) is 18.0 Å². The Morgan fingerprint density at radius 1 is 1.35 bits per heavy atom. The third-order valence-electron chi connectivity index (χ3n) is 2.57. The van der Waals surface area contributed by atoms with Crippen LogP contribution in [0.4, 0.5) is 13.2 Å². The van der Waals surface area contributed by atoms with Crippen LogP contribution in [0.2, 0.25) is 0 Å². The van der Waals surface area contributed by atoms with Crippen molar-refractivity contribution >= 4 is 5.91 Å². The Hall–Kier alpha value is -1.72. The van der Waals surface area contributed by atoms with Gasteiger partial charge in [0.1, 0.15) is 5.75 Å². The lowest BCUT2D eigenvalue weighted by Crippen LogP contribution is -2.31. The Balaban J connectivity index is 2.59. The number of halogens is 3. The van der Waals surface area contributed by atoms with Crippen molar-refractivity contribution in [3.8, 4) is 5.75 Å². The summed E-state index contributed by atoms with van der Waals surface area (Å²) in [4.78, 5) is 11.4. The normalized spacial score (nSPS) is 11.6. The van der Waals surface area contributed by atoms with Gasteiger partial charge in [0.05, 0.1) is 5.56 Å². The highest BCUT2D eigenvalue weighted by molar-refractivity contribution is 5.77. The van der Waals surface area contributed by atoms with E-state index in [1.807, 2.05) is 13.8 Å². The van der Waals surface area contributed by atoms with Gasteiger partial charge in [-0.3, -0.25) is 4.79 Å². The molecule has 0 spiro atoms. The van der Waals surface area contributed by atoms with Gasteiger partial charge in [0.25, 0.3) is 5.91 Å². The first-order valence-corrected chi connectivity index (χ1v) is 6.27. The minimum absolute atomic E-state index is 0.209. The van der Waals surface area contributed by atoms with Crippen LogP contribution in [0.3, 0.4) is 0 Å². The lowest BCUT2D eigenvalue weighted by Gasteiger charge is -2.13. The molecule has 0 radical (unpaired) electrons. The maximum absolute atomic E-state index is 12.5. The van der Waals surface area contributed by atoms with Crippen molar-refractivity contribution in [2.24, 2.45) is 5.92 Å². The van der Waals surface area contributed by atoms with Crippen LogP contribution >= 0.6 is 0 Å². The summed E-state index contributed by atoms with van der Waals surface area (Å²) >= 11 is 0. The molecule has 0 saturated heterocycles. The third kappa shape index (κ3) is 5.11. The Morgan fingerprint density at radius 2 is 2.00 bits per heavy atom. The van der Waals surface area contributed by atoms with Crippen molar-refractivity contribution in [3.05, 3.63) is 29.3 Å². The lowest BCUT2D eigenvalue weighted by molar-refractivity contribution is -0.137. The van der Waals surface area contributed by atoms with Crippen LogP contribution in [0, 0.1) is 12.8 Å². The number of rotatable bonds is 5. The van der Waals surface area contributed by atoms with Gasteiger partial charge in [-0.05, 0) is 36.6 Å². The minimum Gasteiger partial charge on any atom is -0.484 e. The minimum atomic E-state index is -4.38. The first kappa shape index (κ1) is 16.3. The molecule has 0 unspecified atom stereocenters. The SMILES string of the molecule is Cc1cc(C(F)(F)F)ccc1OCC(=O)NCC(C)C. The van der Waals surface area contributed by atoms with Crippen molar-refractivity contribution in [2.75, 3.05) is 13.2 Å². The molecular weight excluding hydrogens is 271 g/mol. The van der Waals surface area contributed by atoms with Gasteiger partial charge in [0, 0.05) is 6.54 Å². The third-order valence-corrected chi connectivity index (χ3v) is 2.57. The van der Waals surface area contributed by atoms with Crippen LogP contribution in [-0.2, 0) is 11.0 Å². The highest BCUT2D eigenvalue weighted by Crippen LogP contribution is 2.32. The fourth-order valence-corrected chi connectivity index (χ4v) is 1.50. The Bertz CT molecular complexity index is 470. The van der Waals surface area contributed by atoms with Crippen molar-refractivity contribution < 1.29 is 22.7 Å². The van der Waals surface area contributed by atoms with Crippen LogP contribution in [0.1, 0.15) is 25.0 Å². The molecule has 1 rings (SSSR count). The monoisotopic (exact) mass is 289 g/mol. The second-order valence-electron chi connectivity index (χ2n) is 4.96. The zero-order valence-corrected chi connectivity index (χ0v) is 11.7. The quantitative estimate of drug-likeness (QED) is 0.904. The van der Waals surface area contributed by atoms with Crippen LogP contribution in [-0.4, -0.2) is 19.1 Å². The molecule has 1 aromatic rings. The van der Waals surface area contributed by atoms with E-state index in [2.05, 4.69) is 5.32 Å². The molecule has 0 aliphatic carbocycles. The molecule has 6 heteroatoms. The first-order valence-electron chi connectivity index (χ1n) is 6.27.